The summed E-state index contributed by atoms with van der Waals surface area (Å²) in [5.74, 6) is 1.57. The monoisotopic (exact) mass is 349 g/mol. The van der Waals surface area contributed by atoms with E-state index in [2.05, 4.69) is 31.0 Å². The lowest BCUT2D eigenvalue weighted by Crippen LogP contribution is -2.24. The van der Waals surface area contributed by atoms with E-state index >= 15 is 0 Å². The Bertz CT molecular complexity index is 1020. The first-order valence-electron chi connectivity index (χ1n) is 8.94. The van der Waals surface area contributed by atoms with Crippen molar-refractivity contribution in [2.45, 2.75) is 26.7 Å². The second-order valence-electron chi connectivity index (χ2n) is 7.11. The molecule has 3 aromatic rings. The number of aromatic amines is 1. The number of carbonyl (C=O) groups excluding carboxylic acids is 1. The topological polar surface area (TPSA) is 58.2 Å². The number of H-pyrrole nitrogens is 1. The van der Waals surface area contributed by atoms with Crippen molar-refractivity contribution in [1.82, 2.24) is 14.9 Å². The van der Waals surface area contributed by atoms with E-state index in [0.717, 1.165) is 46.6 Å². The van der Waals surface area contributed by atoms with Crippen LogP contribution in [0.1, 0.15) is 33.5 Å². The van der Waals surface area contributed by atoms with E-state index < -0.39 is 0 Å². The fraction of sp³-hybridized carbons (Fsp3) is 0.333. The zero-order chi connectivity index (χ0) is 18.4. The highest BCUT2D eigenvalue weighted by Crippen LogP contribution is 2.37. The number of nitrogens with zero attached hydrogens (tertiary/aromatic N) is 2. The van der Waals surface area contributed by atoms with Crippen LogP contribution in [0.4, 0.5) is 0 Å². The third-order valence-corrected chi connectivity index (χ3v) is 5.15. The van der Waals surface area contributed by atoms with Crippen molar-refractivity contribution in [3.8, 4) is 17.1 Å². The molecule has 0 spiro atoms. The van der Waals surface area contributed by atoms with Gasteiger partial charge in [-0.05, 0) is 43.9 Å². The largest absolute Gasteiger partial charge is 0.491 e. The van der Waals surface area contributed by atoms with E-state index in [1.54, 1.807) is 19.0 Å². The molecule has 0 fully saturated rings. The first-order chi connectivity index (χ1) is 12.5. The van der Waals surface area contributed by atoms with E-state index in [0.29, 0.717) is 12.2 Å². The Morgan fingerprint density at radius 3 is 2.85 bits per heavy atom. The Kier molecular flexibility index (Phi) is 3.94. The highest BCUT2D eigenvalue weighted by Gasteiger charge is 2.25. The SMILES string of the molecule is Cc1cccc(-c2nc3c4c(c(C(=O)N(C)C)cc3[nH]2)CCCO4)c1C. The number of rotatable bonds is 2. The minimum atomic E-state index is -0.00321. The number of amides is 1. The van der Waals surface area contributed by atoms with E-state index in [4.69, 9.17) is 9.72 Å². The number of imidazole rings is 1. The predicted molar refractivity (Wildman–Crippen MR) is 103 cm³/mol. The molecule has 1 N–H and O–H groups in total. The molecule has 0 atom stereocenters. The van der Waals surface area contributed by atoms with Gasteiger partial charge in [-0.1, -0.05) is 18.2 Å². The lowest BCUT2D eigenvalue weighted by molar-refractivity contribution is 0.0825. The summed E-state index contributed by atoms with van der Waals surface area (Å²) in [5.41, 5.74) is 6.83. The van der Waals surface area contributed by atoms with Crippen molar-refractivity contribution in [3.63, 3.8) is 0 Å². The lowest BCUT2D eigenvalue weighted by atomic mass is 9.98. The highest BCUT2D eigenvalue weighted by atomic mass is 16.5. The molecule has 5 heteroatoms. The number of nitrogens with one attached hydrogen (secondary N) is 1. The van der Waals surface area contributed by atoms with Crippen molar-refractivity contribution in [2.24, 2.45) is 0 Å². The molecule has 2 aromatic carbocycles. The summed E-state index contributed by atoms with van der Waals surface area (Å²) in [6.45, 7) is 4.86. The van der Waals surface area contributed by atoms with Crippen LogP contribution in [0.3, 0.4) is 0 Å². The van der Waals surface area contributed by atoms with Gasteiger partial charge in [0.1, 0.15) is 11.3 Å². The third-order valence-electron chi connectivity index (χ3n) is 5.15. The van der Waals surface area contributed by atoms with E-state index in [9.17, 15) is 4.79 Å². The summed E-state index contributed by atoms with van der Waals surface area (Å²) in [6, 6.07) is 8.13. The standard InChI is InChI=1S/C21H23N3O2/c1-12-7-5-8-14(13(12)2)20-22-17-11-16(21(25)24(3)4)15-9-6-10-26-19(15)18(17)23-20/h5,7-8,11H,6,9-10H2,1-4H3,(H,22,23). The molecule has 2 heterocycles. The quantitative estimate of drug-likeness (QED) is 0.764. The summed E-state index contributed by atoms with van der Waals surface area (Å²) in [7, 11) is 3.55. The maximum atomic E-state index is 12.7. The average molecular weight is 349 g/mol. The number of hydrogen-bond donors (Lipinski definition) is 1. The Labute approximate surface area is 153 Å². The van der Waals surface area contributed by atoms with Gasteiger partial charge in [0, 0.05) is 30.8 Å². The number of carbonyl (C=O) groups is 1. The van der Waals surface area contributed by atoms with Crippen molar-refractivity contribution < 1.29 is 9.53 Å². The minimum Gasteiger partial charge on any atom is -0.491 e. The Morgan fingerprint density at radius 1 is 1.27 bits per heavy atom. The molecule has 0 saturated carbocycles. The minimum absolute atomic E-state index is 0.00321. The molecule has 26 heavy (non-hydrogen) atoms. The van der Waals surface area contributed by atoms with Gasteiger partial charge >= 0.3 is 0 Å². The number of hydrogen-bond acceptors (Lipinski definition) is 3. The number of aryl methyl sites for hydroxylation is 1. The lowest BCUT2D eigenvalue weighted by Gasteiger charge is -2.21. The molecule has 1 aliphatic heterocycles. The fourth-order valence-corrected chi connectivity index (χ4v) is 3.55. The van der Waals surface area contributed by atoms with Gasteiger partial charge in [-0.25, -0.2) is 4.98 Å². The first kappa shape index (κ1) is 16.6. The van der Waals surface area contributed by atoms with Crippen LogP contribution in [-0.2, 0) is 6.42 Å². The average Bonchev–Trinajstić information content (AvgIpc) is 3.06. The maximum Gasteiger partial charge on any atom is 0.253 e. The summed E-state index contributed by atoms with van der Waals surface area (Å²) in [5, 5.41) is 0. The number of ether oxygens (including phenoxy) is 1. The first-order valence-corrected chi connectivity index (χ1v) is 8.94. The van der Waals surface area contributed by atoms with Crippen LogP contribution < -0.4 is 4.74 Å². The molecule has 0 saturated heterocycles. The molecule has 0 bridgehead atoms. The van der Waals surface area contributed by atoms with Crippen LogP contribution >= 0.6 is 0 Å². The Balaban J connectivity index is 1.96. The zero-order valence-electron chi connectivity index (χ0n) is 15.6. The zero-order valence-corrected chi connectivity index (χ0v) is 15.6. The Hall–Kier alpha value is -2.82. The molecule has 5 nitrogen and oxygen atoms in total. The fourth-order valence-electron chi connectivity index (χ4n) is 3.55. The summed E-state index contributed by atoms with van der Waals surface area (Å²) in [4.78, 5) is 22.5. The van der Waals surface area contributed by atoms with Gasteiger partial charge in [0.2, 0.25) is 0 Å². The van der Waals surface area contributed by atoms with Gasteiger partial charge in [0.05, 0.1) is 12.1 Å². The van der Waals surface area contributed by atoms with Crippen LogP contribution in [0.2, 0.25) is 0 Å². The second kappa shape index (κ2) is 6.16. The molecule has 1 aromatic heterocycles. The van der Waals surface area contributed by atoms with Crippen molar-refractivity contribution in [1.29, 1.82) is 0 Å². The van der Waals surface area contributed by atoms with Crippen LogP contribution in [0.15, 0.2) is 24.3 Å². The van der Waals surface area contributed by atoms with E-state index in [1.165, 1.54) is 11.1 Å². The van der Waals surface area contributed by atoms with E-state index in [1.807, 2.05) is 12.1 Å². The molecular weight excluding hydrogens is 326 g/mol. The van der Waals surface area contributed by atoms with Gasteiger partial charge in [-0.2, -0.15) is 0 Å². The van der Waals surface area contributed by atoms with Crippen LogP contribution in [0, 0.1) is 13.8 Å². The van der Waals surface area contributed by atoms with Crippen molar-refractivity contribution >= 4 is 16.9 Å². The van der Waals surface area contributed by atoms with Crippen molar-refractivity contribution in [2.75, 3.05) is 20.7 Å². The molecule has 1 amide bonds. The van der Waals surface area contributed by atoms with Crippen LogP contribution in [0.25, 0.3) is 22.4 Å². The summed E-state index contributed by atoms with van der Waals surface area (Å²) in [6.07, 6.45) is 1.76. The van der Waals surface area contributed by atoms with Gasteiger partial charge in [0.25, 0.3) is 5.91 Å². The Morgan fingerprint density at radius 2 is 2.08 bits per heavy atom. The number of fused-ring (bicyclic) bond motifs is 3. The van der Waals surface area contributed by atoms with E-state index in [-0.39, 0.29) is 5.91 Å². The molecule has 1 aliphatic rings. The number of benzene rings is 2. The van der Waals surface area contributed by atoms with Crippen LogP contribution in [0.5, 0.6) is 5.75 Å². The molecule has 0 radical (unpaired) electrons. The molecule has 0 aliphatic carbocycles. The molecule has 0 unspecified atom stereocenters. The number of aromatic nitrogens is 2. The van der Waals surface area contributed by atoms with Crippen LogP contribution in [-0.4, -0.2) is 41.5 Å². The smallest absolute Gasteiger partial charge is 0.253 e. The van der Waals surface area contributed by atoms with Gasteiger partial charge in [0.15, 0.2) is 5.75 Å². The maximum absolute atomic E-state index is 12.7. The third kappa shape index (κ3) is 2.55. The predicted octanol–water partition coefficient (Wildman–Crippen LogP) is 3.87. The molecule has 4 rings (SSSR count). The summed E-state index contributed by atoms with van der Waals surface area (Å²) >= 11 is 0. The molecule has 134 valence electrons. The highest BCUT2D eigenvalue weighted by molar-refractivity contribution is 6.01. The summed E-state index contributed by atoms with van der Waals surface area (Å²) < 4.78 is 5.96. The van der Waals surface area contributed by atoms with Crippen molar-refractivity contribution in [3.05, 3.63) is 46.5 Å². The second-order valence-corrected chi connectivity index (χ2v) is 7.11. The van der Waals surface area contributed by atoms with Gasteiger partial charge in [-0.15, -0.1) is 0 Å². The van der Waals surface area contributed by atoms with Gasteiger partial charge < -0.3 is 14.6 Å². The van der Waals surface area contributed by atoms with Gasteiger partial charge in [-0.3, -0.25) is 4.79 Å². The normalized spacial score (nSPS) is 13.4. The molecular formula is C21H23N3O2.